The first-order valence-electron chi connectivity index (χ1n) is 5.93. The summed E-state index contributed by atoms with van der Waals surface area (Å²) in [7, 11) is 3.54. The van der Waals surface area contributed by atoms with Gasteiger partial charge in [0, 0.05) is 30.0 Å². The number of amides is 1. The number of carbonyl (C=O) groups is 1. The molecule has 0 saturated heterocycles. The predicted molar refractivity (Wildman–Crippen MR) is 75.7 cm³/mol. The second-order valence-electron chi connectivity index (χ2n) is 3.91. The maximum Gasteiger partial charge on any atom is 0.219 e. The lowest BCUT2D eigenvalue weighted by Gasteiger charge is -2.11. The number of halogens is 1. The SMILES string of the molecule is CNCc1cc(Br)ccc1OCCCC(=O)NC. The van der Waals surface area contributed by atoms with Crippen LogP contribution >= 0.6 is 15.9 Å². The van der Waals surface area contributed by atoms with Gasteiger partial charge in [-0.1, -0.05) is 15.9 Å². The molecule has 4 nitrogen and oxygen atoms in total. The Morgan fingerprint density at radius 2 is 2.17 bits per heavy atom. The highest BCUT2D eigenvalue weighted by Gasteiger charge is 2.04. The third-order valence-electron chi connectivity index (χ3n) is 2.47. The van der Waals surface area contributed by atoms with E-state index in [1.165, 1.54) is 0 Å². The number of benzene rings is 1. The normalized spacial score (nSPS) is 10.2. The van der Waals surface area contributed by atoms with Crippen molar-refractivity contribution in [1.29, 1.82) is 0 Å². The molecule has 0 aliphatic rings. The average molecular weight is 315 g/mol. The molecule has 100 valence electrons. The summed E-state index contributed by atoms with van der Waals surface area (Å²) < 4.78 is 6.73. The van der Waals surface area contributed by atoms with Crippen molar-refractivity contribution >= 4 is 21.8 Å². The Morgan fingerprint density at radius 1 is 1.39 bits per heavy atom. The lowest BCUT2D eigenvalue weighted by molar-refractivity contribution is -0.120. The fraction of sp³-hybridized carbons (Fsp3) is 0.462. The van der Waals surface area contributed by atoms with E-state index >= 15 is 0 Å². The minimum absolute atomic E-state index is 0.0462. The van der Waals surface area contributed by atoms with E-state index in [0.29, 0.717) is 19.4 Å². The molecule has 5 heteroatoms. The van der Waals surface area contributed by atoms with Crippen molar-refractivity contribution in [1.82, 2.24) is 10.6 Å². The molecule has 1 aromatic carbocycles. The second kappa shape index (κ2) is 8.11. The van der Waals surface area contributed by atoms with Crippen LogP contribution in [0.4, 0.5) is 0 Å². The van der Waals surface area contributed by atoms with Gasteiger partial charge in [-0.3, -0.25) is 4.79 Å². The molecule has 0 aromatic heterocycles. The Balaban J connectivity index is 2.48. The second-order valence-corrected chi connectivity index (χ2v) is 4.82. The van der Waals surface area contributed by atoms with Gasteiger partial charge >= 0.3 is 0 Å². The van der Waals surface area contributed by atoms with E-state index in [2.05, 4.69) is 26.6 Å². The van der Waals surface area contributed by atoms with Gasteiger partial charge in [-0.2, -0.15) is 0 Å². The average Bonchev–Trinajstić information content (AvgIpc) is 2.36. The van der Waals surface area contributed by atoms with Crippen molar-refractivity contribution in [3.8, 4) is 5.75 Å². The van der Waals surface area contributed by atoms with Gasteiger partial charge in [0.05, 0.1) is 6.61 Å². The summed E-state index contributed by atoms with van der Waals surface area (Å²) in [6.07, 6.45) is 1.21. The molecule has 0 aliphatic carbocycles. The summed E-state index contributed by atoms with van der Waals surface area (Å²) in [6.45, 7) is 1.30. The highest BCUT2D eigenvalue weighted by Crippen LogP contribution is 2.23. The van der Waals surface area contributed by atoms with Crippen LogP contribution in [0.5, 0.6) is 5.75 Å². The van der Waals surface area contributed by atoms with E-state index in [-0.39, 0.29) is 5.91 Å². The van der Waals surface area contributed by atoms with Crippen LogP contribution in [0, 0.1) is 0 Å². The van der Waals surface area contributed by atoms with Crippen molar-refractivity contribution in [2.75, 3.05) is 20.7 Å². The fourth-order valence-electron chi connectivity index (χ4n) is 1.56. The molecule has 0 aliphatic heterocycles. The van der Waals surface area contributed by atoms with Crippen molar-refractivity contribution in [3.05, 3.63) is 28.2 Å². The van der Waals surface area contributed by atoms with Crippen molar-refractivity contribution in [2.24, 2.45) is 0 Å². The zero-order valence-electron chi connectivity index (χ0n) is 10.8. The number of ether oxygens (including phenoxy) is 1. The molecule has 2 N–H and O–H groups in total. The molecule has 0 heterocycles. The fourth-order valence-corrected chi connectivity index (χ4v) is 1.97. The lowest BCUT2D eigenvalue weighted by Crippen LogP contribution is -2.18. The quantitative estimate of drug-likeness (QED) is 0.758. The minimum atomic E-state index is 0.0462. The summed E-state index contributed by atoms with van der Waals surface area (Å²) in [5.41, 5.74) is 1.10. The van der Waals surface area contributed by atoms with Gasteiger partial charge in [0.1, 0.15) is 5.75 Å². The number of hydrogen-bond donors (Lipinski definition) is 2. The number of rotatable bonds is 7. The molecule has 0 unspecified atom stereocenters. The highest BCUT2D eigenvalue weighted by atomic mass is 79.9. The van der Waals surface area contributed by atoms with Crippen molar-refractivity contribution in [2.45, 2.75) is 19.4 Å². The lowest BCUT2D eigenvalue weighted by atomic mass is 10.2. The third-order valence-corrected chi connectivity index (χ3v) is 2.97. The molecule has 18 heavy (non-hydrogen) atoms. The Bertz CT molecular complexity index is 397. The van der Waals surface area contributed by atoms with Gasteiger partial charge in [0.2, 0.25) is 5.91 Å². The predicted octanol–water partition coefficient (Wildman–Crippen LogP) is 2.07. The smallest absolute Gasteiger partial charge is 0.219 e. The van der Waals surface area contributed by atoms with Crippen LogP contribution in [0.1, 0.15) is 18.4 Å². The standard InChI is InChI=1S/C13H19BrN2O2/c1-15-9-10-8-11(14)5-6-12(10)18-7-3-4-13(17)16-2/h5-6,8,15H,3-4,7,9H2,1-2H3,(H,16,17). The van der Waals surface area contributed by atoms with Crippen molar-refractivity contribution in [3.63, 3.8) is 0 Å². The van der Waals surface area contributed by atoms with Gasteiger partial charge in [0.25, 0.3) is 0 Å². The topological polar surface area (TPSA) is 50.4 Å². The van der Waals surface area contributed by atoms with Crippen LogP contribution in [0.2, 0.25) is 0 Å². The van der Waals surface area contributed by atoms with Gasteiger partial charge in [-0.15, -0.1) is 0 Å². The van der Waals surface area contributed by atoms with Gasteiger partial charge in [0.15, 0.2) is 0 Å². The number of nitrogens with one attached hydrogen (secondary N) is 2. The first-order valence-corrected chi connectivity index (χ1v) is 6.73. The van der Waals surface area contributed by atoms with Crippen LogP contribution < -0.4 is 15.4 Å². The third kappa shape index (κ3) is 5.06. The number of hydrogen-bond acceptors (Lipinski definition) is 3. The summed E-state index contributed by atoms with van der Waals surface area (Å²) >= 11 is 3.44. The molecule has 0 radical (unpaired) electrons. The van der Waals surface area contributed by atoms with Crippen LogP contribution in [-0.2, 0) is 11.3 Å². The molecular formula is C13H19BrN2O2. The van der Waals surface area contributed by atoms with E-state index in [4.69, 9.17) is 4.74 Å². The summed E-state index contributed by atoms with van der Waals surface area (Å²) in [5.74, 6) is 0.911. The van der Waals surface area contributed by atoms with E-state index in [1.54, 1.807) is 7.05 Å². The zero-order chi connectivity index (χ0) is 13.4. The molecule has 1 amide bonds. The minimum Gasteiger partial charge on any atom is -0.493 e. The molecule has 0 spiro atoms. The first kappa shape index (κ1) is 15.0. The Hall–Kier alpha value is -1.07. The van der Waals surface area contributed by atoms with E-state index in [1.807, 2.05) is 25.2 Å². The Labute approximate surface area is 116 Å². The molecular weight excluding hydrogens is 296 g/mol. The highest BCUT2D eigenvalue weighted by molar-refractivity contribution is 9.10. The van der Waals surface area contributed by atoms with Crippen LogP contribution in [0.25, 0.3) is 0 Å². The molecule has 0 saturated carbocycles. The summed E-state index contributed by atoms with van der Waals surface area (Å²) in [5, 5.41) is 5.70. The van der Waals surface area contributed by atoms with E-state index < -0.39 is 0 Å². The maximum absolute atomic E-state index is 11.1. The summed E-state index contributed by atoms with van der Waals surface area (Å²) in [4.78, 5) is 11.1. The van der Waals surface area contributed by atoms with Gasteiger partial charge in [-0.05, 0) is 31.7 Å². The molecule has 1 aromatic rings. The molecule has 0 atom stereocenters. The monoisotopic (exact) mass is 314 g/mol. The first-order chi connectivity index (χ1) is 8.67. The Morgan fingerprint density at radius 3 is 2.83 bits per heavy atom. The molecule has 0 fully saturated rings. The van der Waals surface area contributed by atoms with E-state index in [0.717, 1.165) is 22.3 Å². The zero-order valence-corrected chi connectivity index (χ0v) is 12.3. The summed E-state index contributed by atoms with van der Waals surface area (Å²) in [6, 6.07) is 5.93. The van der Waals surface area contributed by atoms with Gasteiger partial charge < -0.3 is 15.4 Å². The van der Waals surface area contributed by atoms with Crippen LogP contribution in [0.3, 0.4) is 0 Å². The van der Waals surface area contributed by atoms with Crippen LogP contribution in [0.15, 0.2) is 22.7 Å². The maximum atomic E-state index is 11.1. The number of carbonyl (C=O) groups excluding carboxylic acids is 1. The van der Waals surface area contributed by atoms with Crippen molar-refractivity contribution < 1.29 is 9.53 Å². The molecule has 0 bridgehead atoms. The Kier molecular flexibility index (Phi) is 6.75. The van der Waals surface area contributed by atoms with Crippen LogP contribution in [-0.4, -0.2) is 26.6 Å². The van der Waals surface area contributed by atoms with Gasteiger partial charge in [-0.25, -0.2) is 0 Å². The largest absolute Gasteiger partial charge is 0.493 e. The molecule has 1 rings (SSSR count). The van der Waals surface area contributed by atoms with E-state index in [9.17, 15) is 4.79 Å².